The molecular formula is C19H23NO5. The fourth-order valence-electron chi connectivity index (χ4n) is 3.47. The predicted octanol–water partition coefficient (Wildman–Crippen LogP) is 2.55. The molecule has 1 aromatic rings. The standard InChI is InChI=1S/C19H23NO5/c1-3-24-14-8-6-13(7-9-14)17-16(12(2)21)18(22)19(23)20(17)11-15-5-4-10-25-15/h6-9,15,17,22H,3-5,10-11H2,1-2H3/t15-,17+/m0/s1. The molecular weight excluding hydrogens is 322 g/mol. The highest BCUT2D eigenvalue weighted by molar-refractivity contribution is 6.08. The normalized spacial score (nSPS) is 23.4. The number of ketones is 1. The van der Waals surface area contributed by atoms with Gasteiger partial charge in [-0.05, 0) is 44.4 Å². The minimum absolute atomic E-state index is 0.0618. The van der Waals surface area contributed by atoms with Gasteiger partial charge < -0.3 is 19.5 Å². The third-order valence-electron chi connectivity index (χ3n) is 4.61. The molecule has 2 atom stereocenters. The van der Waals surface area contributed by atoms with Gasteiger partial charge >= 0.3 is 0 Å². The molecule has 6 nitrogen and oxygen atoms in total. The molecule has 1 amide bonds. The number of benzene rings is 1. The zero-order valence-corrected chi connectivity index (χ0v) is 14.5. The maximum atomic E-state index is 12.5. The van der Waals surface area contributed by atoms with Crippen molar-refractivity contribution in [3.05, 3.63) is 41.2 Å². The van der Waals surface area contributed by atoms with Crippen LogP contribution < -0.4 is 4.74 Å². The van der Waals surface area contributed by atoms with Gasteiger partial charge in [0.25, 0.3) is 5.91 Å². The van der Waals surface area contributed by atoms with E-state index in [-0.39, 0.29) is 17.5 Å². The van der Waals surface area contributed by atoms with E-state index in [9.17, 15) is 14.7 Å². The molecule has 0 aromatic heterocycles. The second-order valence-corrected chi connectivity index (χ2v) is 6.32. The Morgan fingerprint density at radius 2 is 2.08 bits per heavy atom. The number of amides is 1. The second-order valence-electron chi connectivity index (χ2n) is 6.32. The third-order valence-corrected chi connectivity index (χ3v) is 4.61. The van der Waals surface area contributed by atoms with Crippen LogP contribution in [0.4, 0.5) is 0 Å². The zero-order valence-electron chi connectivity index (χ0n) is 14.5. The summed E-state index contributed by atoms with van der Waals surface area (Å²) in [7, 11) is 0. The highest BCUT2D eigenvalue weighted by Crippen LogP contribution is 2.38. The lowest BCUT2D eigenvalue weighted by Crippen LogP contribution is -2.37. The monoisotopic (exact) mass is 345 g/mol. The number of carbonyl (C=O) groups excluding carboxylic acids is 2. The maximum Gasteiger partial charge on any atom is 0.290 e. The number of aliphatic hydroxyl groups excluding tert-OH is 1. The highest BCUT2D eigenvalue weighted by atomic mass is 16.5. The summed E-state index contributed by atoms with van der Waals surface area (Å²) in [5.41, 5.74) is 0.913. The average molecular weight is 345 g/mol. The van der Waals surface area contributed by atoms with Crippen LogP contribution in [0.3, 0.4) is 0 Å². The van der Waals surface area contributed by atoms with E-state index in [4.69, 9.17) is 9.47 Å². The Kier molecular flexibility index (Phi) is 5.08. The van der Waals surface area contributed by atoms with Crippen molar-refractivity contribution in [3.8, 4) is 5.75 Å². The van der Waals surface area contributed by atoms with Crippen molar-refractivity contribution in [2.45, 2.75) is 38.8 Å². The number of nitrogens with zero attached hydrogens (tertiary/aromatic N) is 1. The van der Waals surface area contributed by atoms with Crippen LogP contribution in [-0.2, 0) is 14.3 Å². The summed E-state index contributed by atoms with van der Waals surface area (Å²) in [6.07, 6.45) is 1.77. The number of hydrogen-bond acceptors (Lipinski definition) is 5. The Morgan fingerprint density at radius 1 is 1.36 bits per heavy atom. The summed E-state index contributed by atoms with van der Waals surface area (Å²) < 4.78 is 11.1. The Bertz CT molecular complexity index is 688. The van der Waals surface area contributed by atoms with Crippen LogP contribution >= 0.6 is 0 Å². The van der Waals surface area contributed by atoms with Crippen LogP contribution in [0, 0.1) is 0 Å². The van der Waals surface area contributed by atoms with Crippen molar-refractivity contribution in [2.24, 2.45) is 0 Å². The molecule has 1 fully saturated rings. The molecule has 1 aromatic carbocycles. The Hall–Kier alpha value is -2.34. The quantitative estimate of drug-likeness (QED) is 0.857. The van der Waals surface area contributed by atoms with E-state index in [1.165, 1.54) is 11.8 Å². The summed E-state index contributed by atoms with van der Waals surface area (Å²) >= 11 is 0. The summed E-state index contributed by atoms with van der Waals surface area (Å²) in [6, 6.07) is 6.67. The highest BCUT2D eigenvalue weighted by Gasteiger charge is 2.43. The second kappa shape index (κ2) is 7.27. The Labute approximate surface area is 147 Å². The summed E-state index contributed by atoms with van der Waals surface area (Å²) in [5, 5.41) is 10.2. The minimum Gasteiger partial charge on any atom is -0.503 e. The number of hydrogen-bond donors (Lipinski definition) is 1. The van der Waals surface area contributed by atoms with E-state index in [0.29, 0.717) is 19.8 Å². The molecule has 0 bridgehead atoms. The molecule has 6 heteroatoms. The average Bonchev–Trinajstić information content (AvgIpc) is 3.18. The van der Waals surface area contributed by atoms with Gasteiger partial charge in [0, 0.05) is 13.2 Å². The SMILES string of the molecule is CCOc1ccc([C@@H]2C(C(C)=O)=C(O)C(=O)N2C[C@@H]2CCCO2)cc1. The number of aliphatic hydroxyl groups is 1. The first kappa shape index (κ1) is 17.5. The van der Waals surface area contributed by atoms with Crippen LogP contribution in [0.2, 0.25) is 0 Å². The van der Waals surface area contributed by atoms with Crippen LogP contribution in [0.1, 0.15) is 38.3 Å². The van der Waals surface area contributed by atoms with Gasteiger partial charge in [0.2, 0.25) is 0 Å². The van der Waals surface area contributed by atoms with Gasteiger partial charge in [0.15, 0.2) is 11.5 Å². The molecule has 1 N–H and O–H groups in total. The first-order valence-corrected chi connectivity index (χ1v) is 8.62. The first-order chi connectivity index (χ1) is 12.0. The Balaban J connectivity index is 1.93. The van der Waals surface area contributed by atoms with Crippen molar-refractivity contribution in [3.63, 3.8) is 0 Å². The molecule has 0 unspecified atom stereocenters. The van der Waals surface area contributed by atoms with Crippen LogP contribution in [-0.4, -0.2) is 47.6 Å². The molecule has 0 saturated carbocycles. The van der Waals surface area contributed by atoms with E-state index >= 15 is 0 Å². The largest absolute Gasteiger partial charge is 0.503 e. The van der Waals surface area contributed by atoms with Crippen LogP contribution in [0.25, 0.3) is 0 Å². The van der Waals surface area contributed by atoms with Gasteiger partial charge in [-0.3, -0.25) is 9.59 Å². The fourth-order valence-corrected chi connectivity index (χ4v) is 3.47. The van der Waals surface area contributed by atoms with E-state index < -0.39 is 17.7 Å². The van der Waals surface area contributed by atoms with Crippen molar-refractivity contribution in [2.75, 3.05) is 19.8 Å². The minimum atomic E-state index is -0.593. The molecule has 1 saturated heterocycles. The van der Waals surface area contributed by atoms with Gasteiger partial charge in [-0.1, -0.05) is 12.1 Å². The van der Waals surface area contributed by atoms with Gasteiger partial charge in [-0.15, -0.1) is 0 Å². The first-order valence-electron chi connectivity index (χ1n) is 8.62. The molecule has 25 heavy (non-hydrogen) atoms. The van der Waals surface area contributed by atoms with Gasteiger partial charge in [-0.2, -0.15) is 0 Å². The summed E-state index contributed by atoms with van der Waals surface area (Å²) in [6.45, 7) is 4.88. The molecule has 0 aliphatic carbocycles. The molecule has 3 rings (SSSR count). The van der Waals surface area contributed by atoms with Crippen LogP contribution in [0.15, 0.2) is 35.6 Å². The third kappa shape index (κ3) is 3.39. The van der Waals surface area contributed by atoms with E-state index in [2.05, 4.69) is 0 Å². The van der Waals surface area contributed by atoms with Gasteiger partial charge in [-0.25, -0.2) is 0 Å². The van der Waals surface area contributed by atoms with Crippen molar-refractivity contribution in [1.29, 1.82) is 0 Å². The number of rotatable bonds is 6. The lowest BCUT2D eigenvalue weighted by molar-refractivity contribution is -0.131. The topological polar surface area (TPSA) is 76.1 Å². The fraction of sp³-hybridized carbons (Fsp3) is 0.474. The zero-order chi connectivity index (χ0) is 18.0. The lowest BCUT2D eigenvalue weighted by Gasteiger charge is -2.28. The number of Topliss-reactive ketones (excluding diaryl/α,β-unsaturated/α-hetero) is 1. The maximum absolute atomic E-state index is 12.5. The smallest absolute Gasteiger partial charge is 0.290 e. The molecule has 2 aliphatic heterocycles. The Morgan fingerprint density at radius 3 is 2.64 bits per heavy atom. The molecule has 2 aliphatic rings. The lowest BCUT2D eigenvalue weighted by atomic mass is 9.96. The van der Waals surface area contributed by atoms with Gasteiger partial charge in [0.05, 0.1) is 24.3 Å². The van der Waals surface area contributed by atoms with E-state index in [1.807, 2.05) is 19.1 Å². The molecule has 2 heterocycles. The van der Waals surface area contributed by atoms with Crippen molar-refractivity contribution in [1.82, 2.24) is 4.90 Å². The van der Waals surface area contributed by atoms with Crippen molar-refractivity contribution >= 4 is 11.7 Å². The number of carbonyl (C=O) groups is 2. The summed E-state index contributed by atoms with van der Waals surface area (Å²) in [4.78, 5) is 26.2. The van der Waals surface area contributed by atoms with Crippen molar-refractivity contribution < 1.29 is 24.2 Å². The summed E-state index contributed by atoms with van der Waals surface area (Å²) in [5.74, 6) is -0.553. The molecule has 134 valence electrons. The molecule has 0 radical (unpaired) electrons. The van der Waals surface area contributed by atoms with E-state index in [1.54, 1.807) is 12.1 Å². The van der Waals surface area contributed by atoms with E-state index in [0.717, 1.165) is 24.2 Å². The van der Waals surface area contributed by atoms with Gasteiger partial charge in [0.1, 0.15) is 5.75 Å². The number of ether oxygens (including phenoxy) is 2. The van der Waals surface area contributed by atoms with Crippen LogP contribution in [0.5, 0.6) is 5.75 Å². The molecule has 0 spiro atoms. The predicted molar refractivity (Wildman–Crippen MR) is 91.4 cm³/mol.